The van der Waals surface area contributed by atoms with E-state index in [-0.39, 0.29) is 11.7 Å². The first-order chi connectivity index (χ1) is 14.7. The Labute approximate surface area is 181 Å². The van der Waals surface area contributed by atoms with Crippen LogP contribution in [0.4, 0.5) is 4.79 Å². The molecule has 0 bridgehead atoms. The smallest absolute Gasteiger partial charge is 0.409 e. The zero-order chi connectivity index (χ0) is 20.7. The van der Waals surface area contributed by atoms with Crippen molar-refractivity contribution in [2.75, 3.05) is 32.6 Å². The fraction of sp³-hybridized carbons (Fsp3) is 0.381. The zero-order valence-electron chi connectivity index (χ0n) is 16.6. The predicted octanol–water partition coefficient (Wildman–Crippen LogP) is 3.49. The summed E-state index contributed by atoms with van der Waals surface area (Å²) in [5.74, 6) is 1.37. The van der Waals surface area contributed by atoms with Crippen LogP contribution in [-0.2, 0) is 17.6 Å². The monoisotopic (exact) mass is 443 g/mol. The molecule has 1 aliphatic carbocycles. The standard InChI is InChI=1S/C21H21N3O4S2/c1-27-14-7-5-13(6-8-14)24-19(25)17-15-3-2-4-16(15)30-18(17)22-20(24)29-12-10-23-9-11-28-21(23)26/h5-8H,2-4,9-12H2,1H3. The lowest BCUT2D eigenvalue weighted by Gasteiger charge is -2.15. The summed E-state index contributed by atoms with van der Waals surface area (Å²) in [5.41, 5.74) is 1.91. The van der Waals surface area contributed by atoms with Gasteiger partial charge in [0.05, 0.1) is 24.7 Å². The number of aryl methyl sites for hydroxylation is 2. The van der Waals surface area contributed by atoms with Crippen LogP contribution in [0.25, 0.3) is 15.9 Å². The molecule has 156 valence electrons. The minimum Gasteiger partial charge on any atom is -0.497 e. The van der Waals surface area contributed by atoms with Crippen LogP contribution in [0.3, 0.4) is 0 Å². The van der Waals surface area contributed by atoms with Gasteiger partial charge < -0.3 is 14.4 Å². The van der Waals surface area contributed by atoms with Crippen molar-refractivity contribution in [1.29, 1.82) is 0 Å². The van der Waals surface area contributed by atoms with Crippen molar-refractivity contribution >= 4 is 39.4 Å². The molecule has 3 heterocycles. The average Bonchev–Trinajstić information content (AvgIpc) is 3.45. The summed E-state index contributed by atoms with van der Waals surface area (Å²) < 4.78 is 11.9. The number of hydrogen-bond acceptors (Lipinski definition) is 7. The number of cyclic esters (lactones) is 1. The average molecular weight is 444 g/mol. The van der Waals surface area contributed by atoms with Crippen molar-refractivity contribution in [2.45, 2.75) is 24.4 Å². The van der Waals surface area contributed by atoms with E-state index in [0.717, 1.165) is 40.9 Å². The van der Waals surface area contributed by atoms with E-state index in [1.807, 2.05) is 24.3 Å². The number of methoxy groups -OCH3 is 1. The third-order valence-electron chi connectivity index (χ3n) is 5.48. The second-order valence-corrected chi connectivity index (χ2v) is 9.37. The lowest BCUT2D eigenvalue weighted by molar-refractivity contribution is 0.160. The van der Waals surface area contributed by atoms with Crippen LogP contribution in [-0.4, -0.2) is 53.1 Å². The number of rotatable bonds is 6. The molecular formula is C21H21N3O4S2. The molecule has 0 saturated carbocycles. The topological polar surface area (TPSA) is 73.7 Å². The number of thiophene rings is 1. The highest BCUT2D eigenvalue weighted by Crippen LogP contribution is 2.36. The summed E-state index contributed by atoms with van der Waals surface area (Å²) in [4.78, 5) is 34.0. The van der Waals surface area contributed by atoms with Gasteiger partial charge in [0.1, 0.15) is 17.2 Å². The van der Waals surface area contributed by atoms with Crippen molar-refractivity contribution in [2.24, 2.45) is 0 Å². The number of carbonyl (C=O) groups is 1. The van der Waals surface area contributed by atoms with Gasteiger partial charge in [-0.1, -0.05) is 11.8 Å². The third-order valence-corrected chi connectivity index (χ3v) is 7.58. The van der Waals surface area contributed by atoms with Crippen molar-refractivity contribution in [3.05, 3.63) is 45.1 Å². The first kappa shape index (κ1) is 19.4. The Balaban J connectivity index is 1.55. The number of nitrogens with zero attached hydrogens (tertiary/aromatic N) is 3. The Morgan fingerprint density at radius 2 is 2.07 bits per heavy atom. The SMILES string of the molecule is COc1ccc(-n2c(SCCN3CCOC3=O)nc3sc4c(c3c2=O)CCC4)cc1. The lowest BCUT2D eigenvalue weighted by atomic mass is 10.2. The van der Waals surface area contributed by atoms with Crippen molar-refractivity contribution in [1.82, 2.24) is 14.5 Å². The van der Waals surface area contributed by atoms with Crippen LogP contribution < -0.4 is 10.3 Å². The maximum atomic E-state index is 13.6. The van der Waals surface area contributed by atoms with Gasteiger partial charge in [0.15, 0.2) is 5.16 Å². The highest BCUT2D eigenvalue weighted by molar-refractivity contribution is 7.99. The summed E-state index contributed by atoms with van der Waals surface area (Å²) in [7, 11) is 1.62. The number of carbonyl (C=O) groups excluding carboxylic acids is 1. The van der Waals surface area contributed by atoms with Crippen LogP contribution in [0, 0.1) is 0 Å². The molecule has 2 aliphatic rings. The minimum atomic E-state index is -0.277. The van der Waals surface area contributed by atoms with E-state index in [1.165, 1.54) is 22.2 Å². The number of aromatic nitrogens is 2. The van der Waals surface area contributed by atoms with Gasteiger partial charge in [-0.2, -0.15) is 0 Å². The molecule has 0 unspecified atom stereocenters. The molecular weight excluding hydrogens is 422 g/mol. The molecule has 1 aromatic carbocycles. The number of fused-ring (bicyclic) bond motifs is 3. The molecule has 1 amide bonds. The molecule has 2 aromatic heterocycles. The Bertz CT molecular complexity index is 1170. The van der Waals surface area contributed by atoms with Gasteiger partial charge in [0.2, 0.25) is 0 Å². The first-order valence-electron chi connectivity index (χ1n) is 9.92. The summed E-state index contributed by atoms with van der Waals surface area (Å²) in [6, 6.07) is 7.45. The van der Waals surface area contributed by atoms with Gasteiger partial charge in [-0.15, -0.1) is 11.3 Å². The van der Waals surface area contributed by atoms with E-state index >= 15 is 0 Å². The summed E-state index contributed by atoms with van der Waals surface area (Å²) in [6.07, 6.45) is 2.79. The van der Waals surface area contributed by atoms with Gasteiger partial charge in [0, 0.05) is 17.2 Å². The number of amides is 1. The molecule has 0 N–H and O–H groups in total. The second-order valence-electron chi connectivity index (χ2n) is 7.22. The maximum absolute atomic E-state index is 13.6. The fourth-order valence-corrected chi connectivity index (χ4v) is 6.23. The molecule has 7 nitrogen and oxygen atoms in total. The summed E-state index contributed by atoms with van der Waals surface area (Å²) in [6.45, 7) is 1.60. The Kier molecular flexibility index (Phi) is 5.16. The van der Waals surface area contributed by atoms with E-state index < -0.39 is 0 Å². The molecule has 30 heavy (non-hydrogen) atoms. The van der Waals surface area contributed by atoms with Gasteiger partial charge >= 0.3 is 6.09 Å². The van der Waals surface area contributed by atoms with E-state index in [4.69, 9.17) is 14.5 Å². The maximum Gasteiger partial charge on any atom is 0.409 e. The highest BCUT2D eigenvalue weighted by Gasteiger charge is 2.25. The van der Waals surface area contributed by atoms with Crippen LogP contribution in [0.5, 0.6) is 5.75 Å². The molecule has 9 heteroatoms. The molecule has 0 spiro atoms. The van der Waals surface area contributed by atoms with E-state index in [2.05, 4.69) is 0 Å². The summed E-state index contributed by atoms with van der Waals surface area (Å²) >= 11 is 3.13. The molecule has 1 saturated heterocycles. The van der Waals surface area contributed by atoms with Crippen LogP contribution in [0.2, 0.25) is 0 Å². The van der Waals surface area contributed by atoms with E-state index in [9.17, 15) is 9.59 Å². The Hall–Kier alpha value is -2.52. The van der Waals surface area contributed by atoms with Crippen molar-refractivity contribution < 1.29 is 14.3 Å². The normalized spacial score (nSPS) is 15.6. The van der Waals surface area contributed by atoms with Gasteiger partial charge in [-0.05, 0) is 49.1 Å². The first-order valence-corrected chi connectivity index (χ1v) is 11.7. The number of hydrogen-bond donors (Lipinski definition) is 0. The lowest BCUT2D eigenvalue weighted by Crippen LogP contribution is -2.27. The molecule has 0 atom stereocenters. The van der Waals surface area contributed by atoms with Crippen LogP contribution in [0.15, 0.2) is 34.2 Å². The van der Waals surface area contributed by atoms with Crippen LogP contribution >= 0.6 is 23.1 Å². The van der Waals surface area contributed by atoms with Gasteiger partial charge in [-0.25, -0.2) is 9.78 Å². The number of thioether (sulfide) groups is 1. The molecule has 1 aliphatic heterocycles. The molecule has 5 rings (SSSR count). The molecule has 3 aromatic rings. The van der Waals surface area contributed by atoms with Gasteiger partial charge in [-0.3, -0.25) is 9.36 Å². The number of ether oxygens (including phenoxy) is 2. The van der Waals surface area contributed by atoms with E-state index in [0.29, 0.717) is 30.6 Å². The minimum absolute atomic E-state index is 0.0207. The van der Waals surface area contributed by atoms with E-state index in [1.54, 1.807) is 27.9 Å². The largest absolute Gasteiger partial charge is 0.497 e. The summed E-state index contributed by atoms with van der Waals surface area (Å²) in [5, 5.41) is 1.40. The third kappa shape index (κ3) is 3.35. The van der Waals surface area contributed by atoms with Crippen molar-refractivity contribution in [3.8, 4) is 11.4 Å². The quantitative estimate of drug-likeness (QED) is 0.429. The Morgan fingerprint density at radius 1 is 1.23 bits per heavy atom. The van der Waals surface area contributed by atoms with Gasteiger partial charge in [0.25, 0.3) is 5.56 Å². The Morgan fingerprint density at radius 3 is 2.80 bits per heavy atom. The number of benzene rings is 1. The fourth-order valence-electron chi connectivity index (χ4n) is 3.96. The zero-order valence-corrected chi connectivity index (χ0v) is 18.2. The predicted molar refractivity (Wildman–Crippen MR) is 117 cm³/mol. The molecule has 1 fully saturated rings. The second kappa shape index (κ2) is 7.96. The highest BCUT2D eigenvalue weighted by atomic mass is 32.2. The molecule has 0 radical (unpaired) electrons. The van der Waals surface area contributed by atoms with Crippen molar-refractivity contribution in [3.63, 3.8) is 0 Å². The van der Waals surface area contributed by atoms with Crippen LogP contribution in [0.1, 0.15) is 16.9 Å².